The number of carbonyl (C=O) groups is 12. The zero-order valence-electron chi connectivity index (χ0n) is 33.7. The maximum atomic E-state index is 10.6. The Morgan fingerprint density at radius 2 is 0.250 bits per heavy atom. The van der Waals surface area contributed by atoms with E-state index in [1.54, 1.807) is 0 Å². The van der Waals surface area contributed by atoms with Gasteiger partial charge in [-0.05, 0) is 0 Å². The van der Waals surface area contributed by atoms with Crippen molar-refractivity contribution in [2.45, 2.75) is 0 Å². The molecule has 0 spiro atoms. The Bertz CT molecular complexity index is 1140. The summed E-state index contributed by atoms with van der Waals surface area (Å²) in [5.74, 6) is -14.7. The minimum absolute atomic E-state index is 0. The summed E-state index contributed by atoms with van der Waals surface area (Å²) < 4.78 is 0. The van der Waals surface area contributed by atoms with Gasteiger partial charge >= 0.3 is 71.6 Å². The molecule has 0 bridgehead atoms. The van der Waals surface area contributed by atoms with Crippen molar-refractivity contribution in [3.05, 3.63) is 0 Å². The maximum absolute atomic E-state index is 10.6. The number of carboxylic acid groups (broad SMARTS) is 12. The molecule has 0 aliphatic carbocycles. The fraction of sp³-hybridized carbons (Fsp3) is 0.600. The Kier molecular flexibility index (Phi) is 55.0. The first-order chi connectivity index (χ1) is 27.6. The summed E-state index contributed by atoms with van der Waals surface area (Å²) >= 11 is 0. The quantitative estimate of drug-likeness (QED) is 0.0291. The van der Waals surface area contributed by atoms with E-state index in [0.29, 0.717) is 0 Å². The first-order valence-corrected chi connectivity index (χ1v) is 16.6. The van der Waals surface area contributed by atoms with Gasteiger partial charge < -0.3 is 61.3 Å². The van der Waals surface area contributed by atoms with Gasteiger partial charge in [0.05, 0.1) is 78.5 Å². The molecule has 0 aromatic heterocycles. The number of nitrogens with zero attached hydrogens (tertiary/aromatic N) is 6. The first-order valence-electron chi connectivity index (χ1n) is 16.6. The molecule has 12 N–H and O–H groups in total. The standard InChI is InChI=1S/3C10H16N2O8.4Ce/c3*13-7(14)3-11(4-8(15)16)1-2-12(5-9(17)18)6-10(19)20;;;;/h3*1-6H2,(H,13,14)(H,15,16)(H,17,18)(H,19,20);;;;. The second-order valence-electron chi connectivity index (χ2n) is 12.0. The van der Waals surface area contributed by atoms with Crippen LogP contribution < -0.4 is 0 Å². The zero-order valence-corrected chi connectivity index (χ0v) is 46.2. The summed E-state index contributed by atoms with van der Waals surface area (Å²) in [7, 11) is 0. The Labute approximate surface area is 497 Å². The fourth-order valence-electron chi connectivity index (χ4n) is 4.43. The van der Waals surface area contributed by atoms with Crippen LogP contribution in [0, 0.1) is 167 Å². The molecular formula is C30H48Ce4N6O24. The average molecular weight is 1440 g/mol. The zero-order chi connectivity index (χ0) is 47.1. The van der Waals surface area contributed by atoms with Gasteiger partial charge in [0.2, 0.25) is 0 Å². The van der Waals surface area contributed by atoms with Crippen LogP contribution in [0.2, 0.25) is 0 Å². The van der Waals surface area contributed by atoms with Crippen molar-refractivity contribution in [1.29, 1.82) is 0 Å². The van der Waals surface area contributed by atoms with Crippen molar-refractivity contribution < 1.29 is 286 Å². The molecule has 0 aliphatic heterocycles. The summed E-state index contributed by atoms with van der Waals surface area (Å²) in [4.78, 5) is 133. The smallest absolute Gasteiger partial charge is 0.317 e. The molecule has 0 unspecified atom stereocenters. The molecule has 30 nitrogen and oxygen atoms in total. The van der Waals surface area contributed by atoms with Crippen LogP contribution in [0.5, 0.6) is 0 Å². The molecule has 0 saturated carbocycles. The molecule has 0 aliphatic rings. The molecule has 0 fully saturated rings. The molecular weight excluding hydrogens is 1390 g/mol. The molecule has 0 aromatic rings. The minimum Gasteiger partial charge on any atom is -0.480 e. The van der Waals surface area contributed by atoms with Crippen molar-refractivity contribution in [2.75, 3.05) is 118 Å². The predicted molar refractivity (Wildman–Crippen MR) is 190 cm³/mol. The van der Waals surface area contributed by atoms with Crippen molar-refractivity contribution in [3.8, 4) is 0 Å². The van der Waals surface area contributed by atoms with E-state index in [2.05, 4.69) is 0 Å². The third kappa shape index (κ3) is 57.0. The number of hydrogen-bond donors (Lipinski definition) is 12. The largest absolute Gasteiger partial charge is 0.480 e. The third-order valence-corrected chi connectivity index (χ3v) is 6.50. The predicted octanol–water partition coefficient (Wildman–Crippen LogP) is -6.21. The maximum Gasteiger partial charge on any atom is 0.317 e. The summed E-state index contributed by atoms with van der Waals surface area (Å²) in [6.07, 6.45) is 0. The van der Waals surface area contributed by atoms with Gasteiger partial charge in [-0.3, -0.25) is 86.9 Å². The molecule has 64 heavy (non-hydrogen) atoms. The molecule has 0 rings (SSSR count). The first kappa shape index (κ1) is 77.1. The second-order valence-corrected chi connectivity index (χ2v) is 12.0. The topological polar surface area (TPSA) is 467 Å². The Morgan fingerprint density at radius 3 is 0.297 bits per heavy atom. The number of aliphatic carboxylic acids is 12. The van der Waals surface area contributed by atoms with Gasteiger partial charge in [0, 0.05) is 206 Å². The third-order valence-electron chi connectivity index (χ3n) is 6.50. The van der Waals surface area contributed by atoms with Crippen LogP contribution in [-0.4, -0.2) is 280 Å². The van der Waals surface area contributed by atoms with Crippen LogP contribution >= 0.6 is 0 Å². The van der Waals surface area contributed by atoms with Crippen molar-refractivity contribution in [1.82, 2.24) is 29.4 Å². The molecule has 0 radical (unpaired) electrons. The van der Waals surface area contributed by atoms with Crippen LogP contribution in [0.15, 0.2) is 0 Å². The molecule has 0 aromatic carbocycles. The van der Waals surface area contributed by atoms with Crippen LogP contribution in [-0.2, 0) is 57.5 Å². The summed E-state index contributed by atoms with van der Waals surface area (Å²) in [6.45, 7) is -6.75. The summed E-state index contributed by atoms with van der Waals surface area (Å²) in [6, 6.07) is 0. The molecule has 0 atom stereocenters. The van der Waals surface area contributed by atoms with Crippen LogP contribution in [0.1, 0.15) is 0 Å². The molecule has 34 heteroatoms. The summed E-state index contributed by atoms with van der Waals surface area (Å²) in [5.41, 5.74) is 0. The van der Waals surface area contributed by atoms with Gasteiger partial charge in [-0.15, -0.1) is 0 Å². The van der Waals surface area contributed by atoms with E-state index in [1.165, 1.54) is 0 Å². The number of hydrogen-bond acceptors (Lipinski definition) is 18. The summed E-state index contributed by atoms with van der Waals surface area (Å²) in [5, 5.41) is 103. The monoisotopic (exact) mass is 1440 g/mol. The van der Waals surface area contributed by atoms with Crippen LogP contribution in [0.25, 0.3) is 0 Å². The van der Waals surface area contributed by atoms with Gasteiger partial charge in [0.1, 0.15) is 0 Å². The fourth-order valence-corrected chi connectivity index (χ4v) is 4.43. The Balaban J connectivity index is -0.000000148. The van der Waals surface area contributed by atoms with Crippen molar-refractivity contribution in [2.24, 2.45) is 0 Å². The number of rotatable bonds is 33. The SMILES string of the molecule is O=C(O)CN(CCN(CC(=O)O)CC(=O)O)CC(=O)O.O=C(O)CN(CCN(CC(=O)O)CC(=O)O)CC(=O)O.O=C(O)CN(CCN(CC(=O)O)CC(=O)O)CC(=O)O.[Ce].[Ce].[Ce].[Ce]. The molecule has 0 heterocycles. The van der Waals surface area contributed by atoms with Crippen LogP contribution in [0.3, 0.4) is 0 Å². The van der Waals surface area contributed by atoms with Gasteiger partial charge in [-0.2, -0.15) is 0 Å². The average Bonchev–Trinajstić information content (AvgIpc) is 3.02. The second kappa shape index (κ2) is 45.7. The minimum atomic E-state index is -1.23. The van der Waals surface area contributed by atoms with Crippen molar-refractivity contribution >= 4 is 71.6 Å². The van der Waals surface area contributed by atoms with E-state index in [0.717, 1.165) is 29.4 Å². The van der Waals surface area contributed by atoms with Gasteiger partial charge in [-0.25, -0.2) is 0 Å². The van der Waals surface area contributed by atoms with E-state index in [-0.39, 0.29) is 206 Å². The molecule has 358 valence electrons. The van der Waals surface area contributed by atoms with E-state index >= 15 is 0 Å². The van der Waals surface area contributed by atoms with Gasteiger partial charge in [0.25, 0.3) is 0 Å². The van der Waals surface area contributed by atoms with Crippen LogP contribution in [0.4, 0.5) is 0 Å². The normalized spacial score (nSPS) is 10.0. The van der Waals surface area contributed by atoms with Gasteiger partial charge in [0.15, 0.2) is 0 Å². The Morgan fingerprint density at radius 1 is 0.188 bits per heavy atom. The van der Waals surface area contributed by atoms with Crippen molar-refractivity contribution in [3.63, 3.8) is 0 Å². The van der Waals surface area contributed by atoms with Gasteiger partial charge in [-0.1, -0.05) is 0 Å². The van der Waals surface area contributed by atoms with E-state index in [1.807, 2.05) is 0 Å². The van der Waals surface area contributed by atoms with E-state index < -0.39 is 150 Å². The molecule has 0 amide bonds. The van der Waals surface area contributed by atoms with E-state index in [4.69, 9.17) is 61.3 Å². The number of carboxylic acids is 12. The molecule has 0 saturated heterocycles. The Hall–Kier alpha value is -1.09. The van der Waals surface area contributed by atoms with E-state index in [9.17, 15) is 57.5 Å².